The quantitative estimate of drug-likeness (QED) is 0.201. The SMILES string of the molecule is C=O.CC.CC.CCc1ccc(C#Cc2ccc(NC(CNO)C(C)O)cc2)cc1.CCc1ccccc1. The summed E-state index contributed by atoms with van der Waals surface area (Å²) < 4.78 is 0. The number of rotatable bonds is 7. The number of aliphatic hydroxyl groups is 1. The van der Waals surface area contributed by atoms with Crippen LogP contribution >= 0.6 is 0 Å². The summed E-state index contributed by atoms with van der Waals surface area (Å²) in [6.07, 6.45) is 1.58. The lowest BCUT2D eigenvalue weighted by Crippen LogP contribution is -2.39. The van der Waals surface area contributed by atoms with Gasteiger partial charge in [0.05, 0.1) is 12.1 Å². The van der Waals surface area contributed by atoms with Crippen molar-refractivity contribution in [2.24, 2.45) is 0 Å². The van der Waals surface area contributed by atoms with Gasteiger partial charge in [-0.3, -0.25) is 0 Å². The number of anilines is 1. The van der Waals surface area contributed by atoms with Crippen molar-refractivity contribution in [1.82, 2.24) is 5.48 Å². The lowest BCUT2D eigenvalue weighted by atomic mass is 10.1. The molecular formula is C33H48N2O3. The highest BCUT2D eigenvalue weighted by Crippen LogP contribution is 2.12. The van der Waals surface area contributed by atoms with Gasteiger partial charge in [0.2, 0.25) is 0 Å². The Morgan fingerprint density at radius 2 is 1.16 bits per heavy atom. The summed E-state index contributed by atoms with van der Waals surface area (Å²) in [5.74, 6) is 6.30. The van der Waals surface area contributed by atoms with E-state index in [9.17, 15) is 5.11 Å². The highest BCUT2D eigenvalue weighted by molar-refractivity contribution is 5.51. The molecule has 2 atom stereocenters. The van der Waals surface area contributed by atoms with E-state index in [4.69, 9.17) is 10.0 Å². The highest BCUT2D eigenvalue weighted by Gasteiger charge is 2.13. The van der Waals surface area contributed by atoms with Crippen molar-refractivity contribution >= 4 is 12.5 Å². The minimum atomic E-state index is -0.588. The van der Waals surface area contributed by atoms with E-state index in [1.807, 2.05) is 76.9 Å². The third-order valence-electron chi connectivity index (χ3n) is 5.09. The van der Waals surface area contributed by atoms with Gasteiger partial charge in [-0.1, -0.05) is 95.8 Å². The van der Waals surface area contributed by atoms with Gasteiger partial charge in [-0.25, -0.2) is 5.48 Å². The molecule has 3 rings (SSSR count). The topological polar surface area (TPSA) is 81.6 Å². The Balaban J connectivity index is 0. The number of hydrogen-bond donors (Lipinski definition) is 4. The first-order valence-corrected chi connectivity index (χ1v) is 13.4. The molecule has 38 heavy (non-hydrogen) atoms. The molecule has 4 N–H and O–H groups in total. The van der Waals surface area contributed by atoms with Crippen molar-refractivity contribution < 1.29 is 15.1 Å². The second-order valence-corrected chi connectivity index (χ2v) is 7.57. The van der Waals surface area contributed by atoms with Crippen molar-refractivity contribution in [2.75, 3.05) is 11.9 Å². The van der Waals surface area contributed by atoms with Crippen molar-refractivity contribution in [3.8, 4) is 11.8 Å². The average molecular weight is 521 g/mol. The van der Waals surface area contributed by atoms with Crippen LogP contribution in [0.15, 0.2) is 78.9 Å². The van der Waals surface area contributed by atoms with Gasteiger partial charge in [0, 0.05) is 23.4 Å². The van der Waals surface area contributed by atoms with Gasteiger partial charge in [0.15, 0.2) is 0 Å². The Morgan fingerprint density at radius 1 is 0.737 bits per heavy atom. The van der Waals surface area contributed by atoms with Crippen molar-refractivity contribution in [3.05, 3.63) is 101 Å². The Bertz CT molecular complexity index is 977. The van der Waals surface area contributed by atoms with Crippen molar-refractivity contribution in [1.29, 1.82) is 0 Å². The number of aliphatic hydroxyl groups excluding tert-OH is 1. The van der Waals surface area contributed by atoms with E-state index in [1.165, 1.54) is 11.1 Å². The minimum Gasteiger partial charge on any atom is -0.391 e. The van der Waals surface area contributed by atoms with E-state index in [0.29, 0.717) is 0 Å². The molecule has 2 unspecified atom stereocenters. The van der Waals surface area contributed by atoms with Gasteiger partial charge in [-0.15, -0.1) is 0 Å². The van der Waals surface area contributed by atoms with Gasteiger partial charge < -0.3 is 20.4 Å². The summed E-state index contributed by atoms with van der Waals surface area (Å²) in [5.41, 5.74) is 7.59. The fraction of sp³-hybridized carbons (Fsp3) is 0.364. The molecule has 0 saturated carbocycles. The van der Waals surface area contributed by atoms with Crippen LogP contribution in [0.25, 0.3) is 0 Å². The normalized spacial score (nSPS) is 10.4. The first-order chi connectivity index (χ1) is 18.5. The van der Waals surface area contributed by atoms with Gasteiger partial charge in [-0.2, -0.15) is 0 Å². The second-order valence-electron chi connectivity index (χ2n) is 7.57. The Hall–Kier alpha value is -3.43. The molecule has 0 bridgehead atoms. The van der Waals surface area contributed by atoms with Crippen LogP contribution < -0.4 is 10.8 Å². The molecule has 0 aliphatic heterocycles. The molecule has 0 amide bonds. The molecule has 3 aromatic rings. The molecule has 0 heterocycles. The molecular weight excluding hydrogens is 472 g/mol. The molecule has 0 aromatic heterocycles. The molecule has 208 valence electrons. The average Bonchev–Trinajstić information content (AvgIpc) is 3.00. The standard InChI is InChI=1S/C20H24N2O2.C8H10.2C2H6.CH2O/c1-3-16-4-6-17(7-5-16)8-9-18-10-12-19(13-11-18)22-20(14-21-24)15(2)23;1-2-8-6-4-3-5-7-8;3*1-2/h4-7,10-13,15,20-24H,3,14H2,1-2H3;3-7H,2H2,1H3;2*1-2H3;1H2. The van der Waals surface area contributed by atoms with Gasteiger partial charge in [0.1, 0.15) is 6.79 Å². The summed E-state index contributed by atoms with van der Waals surface area (Å²) in [4.78, 5) is 8.00. The molecule has 5 nitrogen and oxygen atoms in total. The predicted molar refractivity (Wildman–Crippen MR) is 163 cm³/mol. The van der Waals surface area contributed by atoms with E-state index < -0.39 is 6.10 Å². The number of hydroxylamine groups is 1. The second kappa shape index (κ2) is 25.2. The van der Waals surface area contributed by atoms with E-state index in [-0.39, 0.29) is 12.6 Å². The van der Waals surface area contributed by atoms with Crippen molar-refractivity contribution in [3.63, 3.8) is 0 Å². The smallest absolute Gasteiger partial charge is 0.106 e. The number of benzene rings is 3. The van der Waals surface area contributed by atoms with Crippen molar-refractivity contribution in [2.45, 2.75) is 73.5 Å². The van der Waals surface area contributed by atoms with Crippen LogP contribution in [-0.4, -0.2) is 35.8 Å². The Kier molecular flexibility index (Phi) is 24.4. The lowest BCUT2D eigenvalue weighted by Gasteiger charge is -2.21. The maximum absolute atomic E-state index is 9.67. The largest absolute Gasteiger partial charge is 0.391 e. The third kappa shape index (κ3) is 16.3. The number of carbonyl (C=O) groups excluding carboxylic acids is 1. The Labute approximate surface area is 231 Å². The summed E-state index contributed by atoms with van der Waals surface area (Å²) in [6, 6.07) is 26.1. The van der Waals surface area contributed by atoms with E-state index in [2.05, 4.69) is 72.9 Å². The summed E-state index contributed by atoms with van der Waals surface area (Å²) in [5, 5.41) is 21.6. The van der Waals surface area contributed by atoms with Gasteiger partial charge in [-0.05, 0) is 67.3 Å². The van der Waals surface area contributed by atoms with Gasteiger partial charge >= 0.3 is 0 Å². The fourth-order valence-corrected chi connectivity index (χ4v) is 2.99. The predicted octanol–water partition coefficient (Wildman–Crippen LogP) is 6.91. The maximum atomic E-state index is 9.67. The zero-order valence-corrected chi connectivity index (χ0v) is 24.3. The minimum absolute atomic E-state index is 0.257. The molecule has 3 aromatic carbocycles. The van der Waals surface area contributed by atoms with Crippen LogP contribution in [0.3, 0.4) is 0 Å². The summed E-state index contributed by atoms with van der Waals surface area (Å²) >= 11 is 0. The molecule has 0 spiro atoms. The van der Waals surface area contributed by atoms with Crippen LogP contribution in [0, 0.1) is 11.8 Å². The van der Waals surface area contributed by atoms with Crippen LogP contribution in [0.4, 0.5) is 5.69 Å². The Morgan fingerprint density at radius 3 is 1.53 bits per heavy atom. The number of nitrogens with one attached hydrogen (secondary N) is 2. The lowest BCUT2D eigenvalue weighted by molar-refractivity contribution is -0.0980. The summed E-state index contributed by atoms with van der Waals surface area (Å²) in [7, 11) is 0. The highest BCUT2D eigenvalue weighted by atomic mass is 16.5. The van der Waals surface area contributed by atoms with Crippen LogP contribution in [-0.2, 0) is 17.6 Å². The van der Waals surface area contributed by atoms with Crippen LogP contribution in [0.1, 0.15) is 70.7 Å². The number of hydrogen-bond acceptors (Lipinski definition) is 5. The molecule has 0 aliphatic carbocycles. The monoisotopic (exact) mass is 520 g/mol. The van der Waals surface area contributed by atoms with Gasteiger partial charge in [0.25, 0.3) is 0 Å². The van der Waals surface area contributed by atoms with E-state index in [0.717, 1.165) is 29.7 Å². The molecule has 5 heteroatoms. The van der Waals surface area contributed by atoms with Crippen LogP contribution in [0.2, 0.25) is 0 Å². The number of carbonyl (C=O) groups is 1. The molecule has 0 fully saturated rings. The van der Waals surface area contributed by atoms with Crippen LogP contribution in [0.5, 0.6) is 0 Å². The van der Waals surface area contributed by atoms with E-state index in [1.54, 1.807) is 6.92 Å². The molecule has 0 radical (unpaired) electrons. The fourth-order valence-electron chi connectivity index (χ4n) is 2.99. The third-order valence-corrected chi connectivity index (χ3v) is 5.09. The molecule has 0 saturated heterocycles. The number of aryl methyl sites for hydroxylation is 2. The molecule has 0 aliphatic rings. The zero-order chi connectivity index (χ0) is 29.2. The zero-order valence-electron chi connectivity index (χ0n) is 24.3. The first kappa shape index (κ1) is 36.7. The maximum Gasteiger partial charge on any atom is 0.106 e. The summed E-state index contributed by atoms with van der Waals surface area (Å²) in [6.45, 7) is 16.2. The first-order valence-electron chi connectivity index (χ1n) is 13.4. The van der Waals surface area contributed by atoms with E-state index >= 15 is 0 Å².